The van der Waals surface area contributed by atoms with Gasteiger partial charge in [-0.05, 0) is 24.6 Å². The van der Waals surface area contributed by atoms with Crippen molar-refractivity contribution in [1.82, 2.24) is 4.31 Å². The van der Waals surface area contributed by atoms with Crippen molar-refractivity contribution in [2.24, 2.45) is 0 Å². The van der Waals surface area contributed by atoms with E-state index in [1.54, 1.807) is 18.2 Å². The van der Waals surface area contributed by atoms with Crippen molar-refractivity contribution in [2.45, 2.75) is 16.1 Å². The van der Waals surface area contributed by atoms with Crippen LogP contribution >= 0.6 is 31.9 Å². The fraction of sp³-hybridized carbons (Fsp3) is 0.400. The highest BCUT2D eigenvalue weighted by Gasteiger charge is 2.31. The molecule has 1 fully saturated rings. The van der Waals surface area contributed by atoms with Gasteiger partial charge in [-0.25, -0.2) is 8.42 Å². The van der Waals surface area contributed by atoms with Crippen molar-refractivity contribution in [3.8, 4) is 0 Å². The zero-order chi connectivity index (χ0) is 11.8. The normalized spacial score (nSPS) is 22.5. The van der Waals surface area contributed by atoms with Gasteiger partial charge in [-0.2, -0.15) is 4.31 Å². The predicted molar refractivity (Wildman–Crippen MR) is 70.2 cm³/mol. The Bertz CT molecular complexity index is 489. The van der Waals surface area contributed by atoms with Gasteiger partial charge in [-0.3, -0.25) is 0 Å². The Labute approximate surface area is 112 Å². The monoisotopic (exact) mass is 367 g/mol. The Kier molecular flexibility index (Phi) is 3.73. The lowest BCUT2D eigenvalue weighted by atomic mass is 10.4. The summed E-state index contributed by atoms with van der Waals surface area (Å²) in [5.74, 6) is 0. The summed E-state index contributed by atoms with van der Waals surface area (Å²) in [5, 5.41) is 0. The SMILES string of the molecule is O=S(=O)(c1cccc(Br)c1)N1CCC(Br)C1. The van der Waals surface area contributed by atoms with Gasteiger partial charge in [-0.1, -0.05) is 37.9 Å². The molecule has 1 aliphatic rings. The molecule has 1 heterocycles. The molecule has 0 N–H and O–H groups in total. The van der Waals surface area contributed by atoms with Crippen molar-refractivity contribution >= 4 is 41.9 Å². The Balaban J connectivity index is 2.32. The molecule has 0 spiro atoms. The molecule has 88 valence electrons. The standard InChI is InChI=1S/C10H11Br2NO2S/c11-8-2-1-3-10(6-8)16(14,15)13-5-4-9(12)7-13/h1-3,6,9H,4-5,7H2. The van der Waals surface area contributed by atoms with E-state index in [0.29, 0.717) is 18.0 Å². The van der Waals surface area contributed by atoms with Crippen LogP contribution in [0.15, 0.2) is 33.6 Å². The van der Waals surface area contributed by atoms with Crippen LogP contribution in [-0.2, 0) is 10.0 Å². The molecule has 1 aromatic carbocycles. The number of sulfonamides is 1. The highest BCUT2D eigenvalue weighted by Crippen LogP contribution is 2.25. The van der Waals surface area contributed by atoms with Gasteiger partial charge in [-0.15, -0.1) is 0 Å². The van der Waals surface area contributed by atoms with Crippen LogP contribution in [-0.4, -0.2) is 30.6 Å². The van der Waals surface area contributed by atoms with Crippen molar-refractivity contribution in [3.05, 3.63) is 28.7 Å². The van der Waals surface area contributed by atoms with Gasteiger partial charge in [0.05, 0.1) is 4.90 Å². The van der Waals surface area contributed by atoms with Crippen LogP contribution < -0.4 is 0 Å². The van der Waals surface area contributed by atoms with Crippen molar-refractivity contribution in [3.63, 3.8) is 0 Å². The second kappa shape index (κ2) is 4.76. The van der Waals surface area contributed by atoms with Gasteiger partial charge in [0.15, 0.2) is 0 Å². The first-order valence-corrected chi connectivity index (χ1v) is 8.05. The lowest BCUT2D eigenvalue weighted by Crippen LogP contribution is -2.28. The number of rotatable bonds is 2. The van der Waals surface area contributed by atoms with Crippen molar-refractivity contribution in [2.75, 3.05) is 13.1 Å². The largest absolute Gasteiger partial charge is 0.243 e. The molecule has 0 radical (unpaired) electrons. The van der Waals surface area contributed by atoms with Crippen molar-refractivity contribution < 1.29 is 8.42 Å². The van der Waals surface area contributed by atoms with E-state index in [0.717, 1.165) is 10.9 Å². The highest BCUT2D eigenvalue weighted by molar-refractivity contribution is 9.10. The van der Waals surface area contributed by atoms with Crippen LogP contribution in [0, 0.1) is 0 Å². The predicted octanol–water partition coefficient (Wildman–Crippen LogP) is 2.61. The van der Waals surface area contributed by atoms with E-state index in [2.05, 4.69) is 31.9 Å². The molecular weight excluding hydrogens is 358 g/mol. The molecule has 1 saturated heterocycles. The minimum Gasteiger partial charge on any atom is -0.207 e. The average Bonchev–Trinajstić information content (AvgIpc) is 2.65. The number of alkyl halides is 1. The lowest BCUT2D eigenvalue weighted by molar-refractivity contribution is 0.478. The molecule has 0 aliphatic carbocycles. The summed E-state index contributed by atoms with van der Waals surface area (Å²) in [6.07, 6.45) is 0.868. The number of nitrogens with zero attached hydrogens (tertiary/aromatic N) is 1. The van der Waals surface area contributed by atoms with E-state index in [9.17, 15) is 8.42 Å². The molecular formula is C10H11Br2NO2S. The zero-order valence-electron chi connectivity index (χ0n) is 8.44. The van der Waals surface area contributed by atoms with E-state index in [-0.39, 0.29) is 4.83 Å². The van der Waals surface area contributed by atoms with E-state index in [4.69, 9.17) is 0 Å². The quantitative estimate of drug-likeness (QED) is 0.752. The molecule has 2 rings (SSSR count). The Hall–Kier alpha value is 0.0900. The first kappa shape index (κ1) is 12.5. The Morgan fingerprint density at radius 1 is 1.38 bits per heavy atom. The second-order valence-electron chi connectivity index (χ2n) is 3.71. The number of hydrogen-bond donors (Lipinski definition) is 0. The first-order valence-electron chi connectivity index (χ1n) is 4.90. The van der Waals surface area contributed by atoms with Gasteiger partial charge in [0.25, 0.3) is 0 Å². The highest BCUT2D eigenvalue weighted by atomic mass is 79.9. The third kappa shape index (κ3) is 2.50. The lowest BCUT2D eigenvalue weighted by Gasteiger charge is -2.15. The minimum atomic E-state index is -3.32. The smallest absolute Gasteiger partial charge is 0.207 e. The summed E-state index contributed by atoms with van der Waals surface area (Å²) < 4.78 is 26.7. The number of benzene rings is 1. The van der Waals surface area contributed by atoms with E-state index < -0.39 is 10.0 Å². The summed E-state index contributed by atoms with van der Waals surface area (Å²) in [4.78, 5) is 0.623. The maximum absolute atomic E-state index is 12.2. The molecule has 0 saturated carbocycles. The number of halogens is 2. The summed E-state index contributed by atoms with van der Waals surface area (Å²) in [5.41, 5.74) is 0. The zero-order valence-corrected chi connectivity index (χ0v) is 12.4. The maximum Gasteiger partial charge on any atom is 0.243 e. The molecule has 1 atom stereocenters. The Morgan fingerprint density at radius 3 is 2.69 bits per heavy atom. The molecule has 0 bridgehead atoms. The summed E-state index contributed by atoms with van der Waals surface area (Å²) in [7, 11) is -3.32. The third-order valence-electron chi connectivity index (χ3n) is 2.53. The van der Waals surface area contributed by atoms with Crippen LogP contribution in [0.5, 0.6) is 0 Å². The fourth-order valence-corrected chi connectivity index (χ4v) is 4.53. The van der Waals surface area contributed by atoms with E-state index >= 15 is 0 Å². The maximum atomic E-state index is 12.2. The summed E-state index contributed by atoms with van der Waals surface area (Å²) in [6.45, 7) is 1.14. The third-order valence-corrected chi connectivity index (χ3v) is 5.63. The van der Waals surface area contributed by atoms with E-state index in [1.165, 1.54) is 4.31 Å². The van der Waals surface area contributed by atoms with Gasteiger partial charge in [0.2, 0.25) is 10.0 Å². The molecule has 6 heteroatoms. The summed E-state index contributed by atoms with van der Waals surface area (Å²) >= 11 is 6.73. The fourth-order valence-electron chi connectivity index (χ4n) is 1.68. The van der Waals surface area contributed by atoms with Gasteiger partial charge in [0.1, 0.15) is 0 Å². The molecule has 1 aromatic rings. The average molecular weight is 369 g/mol. The topological polar surface area (TPSA) is 37.4 Å². The van der Waals surface area contributed by atoms with Gasteiger partial charge >= 0.3 is 0 Å². The Morgan fingerprint density at radius 2 is 2.12 bits per heavy atom. The molecule has 3 nitrogen and oxygen atoms in total. The second-order valence-corrected chi connectivity index (χ2v) is 7.85. The van der Waals surface area contributed by atoms with Gasteiger partial charge < -0.3 is 0 Å². The van der Waals surface area contributed by atoms with Crippen LogP contribution in [0.3, 0.4) is 0 Å². The molecule has 16 heavy (non-hydrogen) atoms. The summed E-state index contributed by atoms with van der Waals surface area (Å²) in [6, 6.07) is 6.81. The molecule has 0 amide bonds. The van der Waals surface area contributed by atoms with Gasteiger partial charge in [0, 0.05) is 22.4 Å². The molecule has 1 unspecified atom stereocenters. The van der Waals surface area contributed by atoms with Crippen LogP contribution in [0.2, 0.25) is 0 Å². The van der Waals surface area contributed by atoms with Crippen LogP contribution in [0.1, 0.15) is 6.42 Å². The van der Waals surface area contributed by atoms with Crippen LogP contribution in [0.4, 0.5) is 0 Å². The molecule has 0 aromatic heterocycles. The van der Waals surface area contributed by atoms with E-state index in [1.807, 2.05) is 6.07 Å². The number of hydrogen-bond acceptors (Lipinski definition) is 2. The minimum absolute atomic E-state index is 0.273. The van der Waals surface area contributed by atoms with Crippen LogP contribution in [0.25, 0.3) is 0 Å². The van der Waals surface area contributed by atoms with Crippen molar-refractivity contribution in [1.29, 1.82) is 0 Å². The first-order chi connectivity index (χ1) is 7.50. The molecule has 1 aliphatic heterocycles.